The third-order valence-corrected chi connectivity index (χ3v) is 4.13. The van der Waals surface area contributed by atoms with Crippen molar-refractivity contribution >= 4 is 15.9 Å². The van der Waals surface area contributed by atoms with Crippen molar-refractivity contribution in [3.8, 4) is 0 Å². The molecule has 0 fully saturated rings. The van der Waals surface area contributed by atoms with Gasteiger partial charge in [-0.1, -0.05) is 0 Å². The maximum Gasteiger partial charge on any atom is 0.0946 e. The fourth-order valence-electron chi connectivity index (χ4n) is 2.10. The van der Waals surface area contributed by atoms with E-state index in [2.05, 4.69) is 32.9 Å². The molecule has 18 heavy (non-hydrogen) atoms. The fraction of sp³-hybridized carbons (Fsp3) is 0.500. The molecule has 0 aliphatic carbocycles. The first-order chi connectivity index (χ1) is 8.54. The van der Waals surface area contributed by atoms with Crippen LogP contribution < -0.4 is 5.73 Å². The molecule has 5 nitrogen and oxygen atoms in total. The number of halogens is 1. The minimum absolute atomic E-state index is 0.0739. The summed E-state index contributed by atoms with van der Waals surface area (Å²) in [5.74, 6) is 0. The Morgan fingerprint density at radius 3 is 2.78 bits per heavy atom. The van der Waals surface area contributed by atoms with E-state index >= 15 is 0 Å². The van der Waals surface area contributed by atoms with Gasteiger partial charge in [0.2, 0.25) is 0 Å². The molecule has 1 atom stereocenters. The number of nitrogens with two attached hydrogens (primary N) is 1. The van der Waals surface area contributed by atoms with Gasteiger partial charge < -0.3 is 10.3 Å². The largest absolute Gasteiger partial charge is 0.336 e. The van der Waals surface area contributed by atoms with E-state index < -0.39 is 0 Å². The Morgan fingerprint density at radius 2 is 2.22 bits per heavy atom. The Hall–Kier alpha value is -1.14. The minimum Gasteiger partial charge on any atom is -0.336 e. The van der Waals surface area contributed by atoms with Crippen molar-refractivity contribution in [2.75, 3.05) is 0 Å². The van der Waals surface area contributed by atoms with Gasteiger partial charge in [0.1, 0.15) is 0 Å². The average molecular weight is 312 g/mol. The second kappa shape index (κ2) is 5.24. The van der Waals surface area contributed by atoms with Crippen LogP contribution in [0.2, 0.25) is 0 Å². The standard InChI is InChI=1S/C12H18BrN5/c1-4-18-10(12(13)8(2)16-18)5-9(14)11-6-15-7-17(11)3/h6-7,9H,4-5,14H2,1-3H3. The maximum atomic E-state index is 6.25. The average Bonchev–Trinajstić information content (AvgIpc) is 2.87. The van der Waals surface area contributed by atoms with E-state index in [0.29, 0.717) is 0 Å². The third-order valence-electron chi connectivity index (χ3n) is 3.10. The molecule has 98 valence electrons. The summed E-state index contributed by atoms with van der Waals surface area (Å²) in [6.07, 6.45) is 4.33. The number of nitrogens with zero attached hydrogens (tertiary/aromatic N) is 4. The number of imidazole rings is 1. The van der Waals surface area contributed by atoms with Crippen molar-refractivity contribution in [1.29, 1.82) is 0 Å². The fourth-order valence-corrected chi connectivity index (χ4v) is 2.55. The van der Waals surface area contributed by atoms with Crippen LogP contribution in [0.1, 0.15) is 30.0 Å². The Morgan fingerprint density at radius 1 is 1.50 bits per heavy atom. The molecule has 2 heterocycles. The first-order valence-electron chi connectivity index (χ1n) is 5.98. The highest BCUT2D eigenvalue weighted by atomic mass is 79.9. The van der Waals surface area contributed by atoms with Gasteiger partial charge in [0.25, 0.3) is 0 Å². The van der Waals surface area contributed by atoms with Gasteiger partial charge in [0, 0.05) is 26.2 Å². The smallest absolute Gasteiger partial charge is 0.0946 e. The Labute approximate surface area is 115 Å². The molecule has 2 rings (SSSR count). The Balaban J connectivity index is 2.27. The number of hydrogen-bond donors (Lipinski definition) is 1. The van der Waals surface area contributed by atoms with Crippen LogP contribution in [0, 0.1) is 6.92 Å². The van der Waals surface area contributed by atoms with E-state index in [4.69, 9.17) is 5.73 Å². The van der Waals surface area contributed by atoms with E-state index in [-0.39, 0.29) is 6.04 Å². The van der Waals surface area contributed by atoms with Gasteiger partial charge in [-0.2, -0.15) is 5.10 Å². The minimum atomic E-state index is -0.0739. The summed E-state index contributed by atoms with van der Waals surface area (Å²) in [4.78, 5) is 4.10. The van der Waals surface area contributed by atoms with E-state index in [1.54, 1.807) is 6.33 Å². The molecule has 1 unspecified atom stereocenters. The Kier molecular flexibility index (Phi) is 3.87. The molecule has 0 aliphatic rings. The van der Waals surface area contributed by atoms with E-state index in [1.165, 1.54) is 0 Å². The molecule has 0 spiro atoms. The maximum absolute atomic E-state index is 6.25. The molecule has 0 amide bonds. The van der Waals surface area contributed by atoms with Crippen LogP contribution in [0.4, 0.5) is 0 Å². The third kappa shape index (κ3) is 2.35. The lowest BCUT2D eigenvalue weighted by atomic mass is 10.1. The number of aromatic nitrogens is 4. The summed E-state index contributed by atoms with van der Waals surface area (Å²) >= 11 is 3.59. The van der Waals surface area contributed by atoms with Crippen LogP contribution in [0.5, 0.6) is 0 Å². The van der Waals surface area contributed by atoms with Crippen LogP contribution in [0.25, 0.3) is 0 Å². The van der Waals surface area contributed by atoms with Crippen LogP contribution in [-0.2, 0) is 20.0 Å². The van der Waals surface area contributed by atoms with Gasteiger partial charge in [-0.25, -0.2) is 4.98 Å². The zero-order chi connectivity index (χ0) is 13.3. The van der Waals surface area contributed by atoms with Crippen molar-refractivity contribution < 1.29 is 0 Å². The molecule has 2 N–H and O–H groups in total. The van der Waals surface area contributed by atoms with Crippen LogP contribution >= 0.6 is 15.9 Å². The number of hydrogen-bond acceptors (Lipinski definition) is 3. The van der Waals surface area contributed by atoms with Crippen molar-refractivity contribution in [3.63, 3.8) is 0 Å². The zero-order valence-corrected chi connectivity index (χ0v) is 12.5. The molecule has 0 bridgehead atoms. The van der Waals surface area contributed by atoms with Gasteiger partial charge in [-0.15, -0.1) is 0 Å². The van der Waals surface area contributed by atoms with E-state index in [1.807, 2.05) is 29.4 Å². The van der Waals surface area contributed by atoms with Gasteiger partial charge in [0.05, 0.1) is 33.9 Å². The van der Waals surface area contributed by atoms with Crippen LogP contribution in [0.3, 0.4) is 0 Å². The summed E-state index contributed by atoms with van der Waals surface area (Å²) in [5.41, 5.74) is 9.43. The first-order valence-corrected chi connectivity index (χ1v) is 6.77. The molecule has 0 radical (unpaired) electrons. The van der Waals surface area contributed by atoms with Crippen molar-refractivity contribution in [2.24, 2.45) is 12.8 Å². The molecule has 0 saturated heterocycles. The molecule has 2 aromatic rings. The van der Waals surface area contributed by atoms with Gasteiger partial charge in [0.15, 0.2) is 0 Å². The highest BCUT2D eigenvalue weighted by molar-refractivity contribution is 9.10. The zero-order valence-electron chi connectivity index (χ0n) is 10.9. The summed E-state index contributed by atoms with van der Waals surface area (Å²) in [5, 5.41) is 4.48. The van der Waals surface area contributed by atoms with Gasteiger partial charge in [-0.05, 0) is 29.8 Å². The predicted octanol–water partition coefficient (Wildman–Crippen LogP) is 1.95. The second-order valence-electron chi connectivity index (χ2n) is 4.40. The van der Waals surface area contributed by atoms with Gasteiger partial charge in [-0.3, -0.25) is 4.68 Å². The summed E-state index contributed by atoms with van der Waals surface area (Å²) in [7, 11) is 1.96. The monoisotopic (exact) mass is 311 g/mol. The highest BCUT2D eigenvalue weighted by Crippen LogP contribution is 2.25. The Bertz CT molecular complexity index is 543. The SMILES string of the molecule is CCn1nc(C)c(Br)c1CC(N)c1cncn1C. The lowest BCUT2D eigenvalue weighted by molar-refractivity contribution is 0.572. The highest BCUT2D eigenvalue weighted by Gasteiger charge is 2.17. The van der Waals surface area contributed by atoms with Gasteiger partial charge >= 0.3 is 0 Å². The van der Waals surface area contributed by atoms with Crippen molar-refractivity contribution in [2.45, 2.75) is 32.9 Å². The molecule has 2 aromatic heterocycles. The lowest BCUT2D eigenvalue weighted by Crippen LogP contribution is -2.18. The van der Waals surface area contributed by atoms with Crippen LogP contribution in [0.15, 0.2) is 17.0 Å². The second-order valence-corrected chi connectivity index (χ2v) is 5.19. The summed E-state index contributed by atoms with van der Waals surface area (Å²) in [6, 6.07) is -0.0739. The number of rotatable bonds is 4. The first kappa shape index (κ1) is 13.3. The molecule has 0 saturated carbocycles. The number of aryl methyl sites for hydroxylation is 3. The predicted molar refractivity (Wildman–Crippen MR) is 74.2 cm³/mol. The normalized spacial score (nSPS) is 12.9. The van der Waals surface area contributed by atoms with Crippen LogP contribution in [-0.4, -0.2) is 19.3 Å². The lowest BCUT2D eigenvalue weighted by Gasteiger charge is -2.13. The van der Waals surface area contributed by atoms with E-state index in [9.17, 15) is 0 Å². The molecule has 0 aliphatic heterocycles. The quantitative estimate of drug-likeness (QED) is 0.938. The summed E-state index contributed by atoms with van der Waals surface area (Å²) in [6.45, 7) is 4.92. The topological polar surface area (TPSA) is 61.7 Å². The molecule has 0 aromatic carbocycles. The van der Waals surface area contributed by atoms with E-state index in [0.717, 1.165) is 34.5 Å². The molecule has 6 heteroatoms. The summed E-state index contributed by atoms with van der Waals surface area (Å²) < 4.78 is 5.01. The molecular weight excluding hydrogens is 294 g/mol. The van der Waals surface area contributed by atoms with Crippen molar-refractivity contribution in [3.05, 3.63) is 34.1 Å². The van der Waals surface area contributed by atoms with Crippen molar-refractivity contribution in [1.82, 2.24) is 19.3 Å². The molecular formula is C12H18BrN5.